The fourth-order valence-electron chi connectivity index (χ4n) is 2.17. The number of carbonyl (C=O) groups is 2. The quantitative estimate of drug-likeness (QED) is 0.864. The van der Waals surface area contributed by atoms with E-state index in [-0.39, 0.29) is 12.0 Å². The molecule has 1 amide bonds. The number of benzene rings is 1. The zero-order valence-corrected chi connectivity index (χ0v) is 11.5. The van der Waals surface area contributed by atoms with Crippen LogP contribution in [0.4, 0.5) is 5.69 Å². The van der Waals surface area contributed by atoms with Crippen LogP contribution in [0.2, 0.25) is 0 Å². The summed E-state index contributed by atoms with van der Waals surface area (Å²) in [5.41, 5.74) is 1.65. The zero-order valence-electron chi connectivity index (χ0n) is 11.5. The van der Waals surface area contributed by atoms with Gasteiger partial charge in [-0.15, -0.1) is 0 Å². The van der Waals surface area contributed by atoms with Crippen molar-refractivity contribution in [2.75, 3.05) is 11.9 Å². The van der Waals surface area contributed by atoms with E-state index in [0.717, 1.165) is 18.4 Å². The van der Waals surface area contributed by atoms with Crippen LogP contribution in [0.5, 0.6) is 0 Å². The average Bonchev–Trinajstić information content (AvgIpc) is 2.95. The topological polar surface area (TPSA) is 75.6 Å². The van der Waals surface area contributed by atoms with E-state index in [2.05, 4.69) is 5.32 Å². The number of carboxylic acid groups (broad SMARTS) is 1. The lowest BCUT2D eigenvalue weighted by Crippen LogP contribution is -2.26. The Kier molecular flexibility index (Phi) is 4.74. The minimum atomic E-state index is -0.805. The molecule has 0 bridgehead atoms. The number of rotatable bonds is 5. The standard InChI is InChI=1S/C15H19NO4/c1-10(15(18)19)9-11-4-6-12(7-5-11)16-14(17)13-3-2-8-20-13/h4-7,10,13H,2-3,8-9H2,1H3,(H,16,17)(H,18,19)/t10-,13+/m1/s1. The van der Waals surface area contributed by atoms with Crippen LogP contribution < -0.4 is 5.32 Å². The molecule has 1 heterocycles. The average molecular weight is 277 g/mol. The molecule has 2 N–H and O–H groups in total. The molecule has 1 aromatic rings. The predicted octanol–water partition coefficient (Wildman–Crippen LogP) is 2.07. The van der Waals surface area contributed by atoms with Crippen molar-refractivity contribution in [3.05, 3.63) is 29.8 Å². The van der Waals surface area contributed by atoms with Gasteiger partial charge in [-0.25, -0.2) is 0 Å². The maximum atomic E-state index is 11.9. The van der Waals surface area contributed by atoms with Crippen LogP contribution in [0.1, 0.15) is 25.3 Å². The van der Waals surface area contributed by atoms with Gasteiger partial charge in [0.2, 0.25) is 0 Å². The van der Waals surface area contributed by atoms with Gasteiger partial charge in [0.05, 0.1) is 5.92 Å². The van der Waals surface area contributed by atoms with Crippen molar-refractivity contribution in [3.63, 3.8) is 0 Å². The lowest BCUT2D eigenvalue weighted by Gasteiger charge is -2.11. The first-order chi connectivity index (χ1) is 9.56. The van der Waals surface area contributed by atoms with Gasteiger partial charge in [0.15, 0.2) is 0 Å². The molecule has 1 fully saturated rings. The van der Waals surface area contributed by atoms with Crippen molar-refractivity contribution >= 4 is 17.6 Å². The Balaban J connectivity index is 1.91. The molecular formula is C15H19NO4. The number of ether oxygens (including phenoxy) is 1. The summed E-state index contributed by atoms with van der Waals surface area (Å²) in [5, 5.41) is 11.7. The Bertz CT molecular complexity index is 477. The third-order valence-corrected chi connectivity index (χ3v) is 3.41. The van der Waals surface area contributed by atoms with Crippen molar-refractivity contribution in [1.82, 2.24) is 0 Å². The number of nitrogens with one attached hydrogen (secondary N) is 1. The number of anilines is 1. The summed E-state index contributed by atoms with van der Waals surface area (Å²) in [6.45, 7) is 2.32. The first-order valence-corrected chi connectivity index (χ1v) is 6.80. The second-order valence-electron chi connectivity index (χ2n) is 5.13. The van der Waals surface area contributed by atoms with Gasteiger partial charge in [0, 0.05) is 12.3 Å². The van der Waals surface area contributed by atoms with Gasteiger partial charge in [-0.05, 0) is 37.0 Å². The molecule has 0 saturated carbocycles. The maximum absolute atomic E-state index is 11.9. The van der Waals surface area contributed by atoms with Crippen LogP contribution in [0.25, 0.3) is 0 Å². The summed E-state index contributed by atoms with van der Waals surface area (Å²) >= 11 is 0. The lowest BCUT2D eigenvalue weighted by atomic mass is 10.0. The van der Waals surface area contributed by atoms with Crippen molar-refractivity contribution in [2.45, 2.75) is 32.3 Å². The summed E-state index contributed by atoms with van der Waals surface area (Å²) in [4.78, 5) is 22.6. The van der Waals surface area contributed by atoms with Crippen molar-refractivity contribution in [3.8, 4) is 0 Å². The Hall–Kier alpha value is -1.88. The Morgan fingerprint density at radius 2 is 2.10 bits per heavy atom. The van der Waals surface area contributed by atoms with E-state index in [0.29, 0.717) is 18.7 Å². The SMILES string of the molecule is C[C@H](Cc1ccc(NC(=O)[C@@H]2CCCO2)cc1)C(=O)O. The van der Waals surface area contributed by atoms with Crippen LogP contribution in [0, 0.1) is 5.92 Å². The smallest absolute Gasteiger partial charge is 0.306 e. The highest BCUT2D eigenvalue weighted by Crippen LogP contribution is 2.17. The molecule has 0 radical (unpaired) electrons. The van der Waals surface area contributed by atoms with Crippen LogP contribution in [0.15, 0.2) is 24.3 Å². The fraction of sp³-hybridized carbons (Fsp3) is 0.467. The van der Waals surface area contributed by atoms with Crippen molar-refractivity contribution < 1.29 is 19.4 Å². The molecule has 1 aliphatic rings. The Labute approximate surface area is 117 Å². The normalized spacial score (nSPS) is 19.6. The van der Waals surface area contributed by atoms with E-state index >= 15 is 0 Å². The largest absolute Gasteiger partial charge is 0.481 e. The third kappa shape index (κ3) is 3.81. The van der Waals surface area contributed by atoms with Gasteiger partial charge >= 0.3 is 5.97 Å². The summed E-state index contributed by atoms with van der Waals surface area (Å²) in [7, 11) is 0. The van der Waals surface area contributed by atoms with Crippen molar-refractivity contribution in [1.29, 1.82) is 0 Å². The number of carboxylic acids is 1. The van der Waals surface area contributed by atoms with Crippen LogP contribution in [-0.4, -0.2) is 29.7 Å². The monoisotopic (exact) mass is 277 g/mol. The highest BCUT2D eigenvalue weighted by Gasteiger charge is 2.23. The molecule has 1 saturated heterocycles. The van der Waals surface area contributed by atoms with E-state index in [4.69, 9.17) is 9.84 Å². The minimum Gasteiger partial charge on any atom is -0.481 e. The van der Waals surface area contributed by atoms with E-state index in [1.165, 1.54) is 0 Å². The number of hydrogen-bond donors (Lipinski definition) is 2. The van der Waals surface area contributed by atoms with Gasteiger partial charge in [-0.2, -0.15) is 0 Å². The summed E-state index contributed by atoms with van der Waals surface area (Å²) < 4.78 is 5.31. The number of amides is 1. The molecule has 5 nitrogen and oxygen atoms in total. The lowest BCUT2D eigenvalue weighted by molar-refractivity contribution is -0.141. The molecule has 5 heteroatoms. The summed E-state index contributed by atoms with van der Waals surface area (Å²) in [6, 6.07) is 7.25. The van der Waals surface area contributed by atoms with Gasteiger partial charge < -0.3 is 15.2 Å². The maximum Gasteiger partial charge on any atom is 0.306 e. The third-order valence-electron chi connectivity index (χ3n) is 3.41. The molecule has 0 spiro atoms. The minimum absolute atomic E-state index is 0.117. The van der Waals surface area contributed by atoms with E-state index < -0.39 is 11.9 Å². The first kappa shape index (κ1) is 14.5. The molecule has 1 aliphatic heterocycles. The van der Waals surface area contributed by atoms with Gasteiger partial charge in [-0.1, -0.05) is 19.1 Å². The van der Waals surface area contributed by atoms with Crippen LogP contribution >= 0.6 is 0 Å². The van der Waals surface area contributed by atoms with Crippen LogP contribution in [-0.2, 0) is 20.7 Å². The molecule has 2 atom stereocenters. The predicted molar refractivity (Wildman–Crippen MR) is 74.5 cm³/mol. The molecule has 0 aromatic heterocycles. The fourth-order valence-corrected chi connectivity index (χ4v) is 2.17. The highest BCUT2D eigenvalue weighted by atomic mass is 16.5. The van der Waals surface area contributed by atoms with Gasteiger partial charge in [-0.3, -0.25) is 9.59 Å². The molecule has 1 aromatic carbocycles. The zero-order chi connectivity index (χ0) is 14.5. The second-order valence-corrected chi connectivity index (χ2v) is 5.13. The Morgan fingerprint density at radius 3 is 2.65 bits per heavy atom. The molecular weight excluding hydrogens is 258 g/mol. The van der Waals surface area contributed by atoms with Crippen LogP contribution in [0.3, 0.4) is 0 Å². The van der Waals surface area contributed by atoms with Gasteiger partial charge in [0.1, 0.15) is 6.10 Å². The Morgan fingerprint density at radius 1 is 1.40 bits per heavy atom. The number of carbonyl (C=O) groups excluding carboxylic acids is 1. The highest BCUT2D eigenvalue weighted by molar-refractivity contribution is 5.94. The number of hydrogen-bond acceptors (Lipinski definition) is 3. The van der Waals surface area contributed by atoms with E-state index in [9.17, 15) is 9.59 Å². The second kappa shape index (κ2) is 6.52. The summed E-state index contributed by atoms with van der Waals surface area (Å²) in [6.07, 6.45) is 1.82. The van der Waals surface area contributed by atoms with E-state index in [1.54, 1.807) is 19.1 Å². The molecule has 2 rings (SSSR count). The molecule has 0 unspecified atom stereocenters. The number of aliphatic carboxylic acids is 1. The molecule has 20 heavy (non-hydrogen) atoms. The molecule has 0 aliphatic carbocycles. The first-order valence-electron chi connectivity index (χ1n) is 6.80. The van der Waals surface area contributed by atoms with Crippen molar-refractivity contribution in [2.24, 2.45) is 5.92 Å². The summed E-state index contributed by atoms with van der Waals surface area (Å²) in [5.74, 6) is -1.34. The molecule has 108 valence electrons. The van der Waals surface area contributed by atoms with Gasteiger partial charge in [0.25, 0.3) is 5.91 Å². The van der Waals surface area contributed by atoms with E-state index in [1.807, 2.05) is 12.1 Å².